The van der Waals surface area contributed by atoms with Gasteiger partial charge in [-0.1, -0.05) is 0 Å². The maximum Gasteiger partial charge on any atom is 0.410 e. The van der Waals surface area contributed by atoms with Crippen LogP contribution in [0.25, 0.3) is 0 Å². The Balaban J connectivity index is 2.09. The molecule has 5 heteroatoms. The first-order valence-corrected chi connectivity index (χ1v) is 5.33. The second-order valence-corrected chi connectivity index (χ2v) is 4.09. The number of rotatable bonds is 2. The summed E-state index contributed by atoms with van der Waals surface area (Å²) in [7, 11) is 0. The van der Waals surface area contributed by atoms with E-state index in [0.717, 1.165) is 12.8 Å². The fourth-order valence-corrected chi connectivity index (χ4v) is 2.74. The Bertz CT molecular complexity index is 291. The number of carbonyl (C=O) groups is 2. The zero-order chi connectivity index (χ0) is 11.0. The smallest absolute Gasteiger partial charge is 0.410 e. The highest BCUT2D eigenvalue weighted by Gasteiger charge is 2.51. The van der Waals surface area contributed by atoms with Crippen LogP contribution in [0.4, 0.5) is 4.79 Å². The van der Waals surface area contributed by atoms with E-state index >= 15 is 0 Å². The molecule has 2 saturated heterocycles. The molecule has 2 aliphatic heterocycles. The lowest BCUT2D eigenvalue weighted by Gasteiger charge is -2.21. The number of ether oxygens (including phenoxy) is 1. The van der Waals surface area contributed by atoms with Gasteiger partial charge in [0.15, 0.2) is 0 Å². The van der Waals surface area contributed by atoms with E-state index in [2.05, 4.69) is 0 Å². The average molecular weight is 213 g/mol. The summed E-state index contributed by atoms with van der Waals surface area (Å²) in [5.74, 6) is -1.19. The minimum Gasteiger partial charge on any atom is -0.481 e. The van der Waals surface area contributed by atoms with Gasteiger partial charge in [0.05, 0.1) is 12.5 Å². The Morgan fingerprint density at radius 1 is 1.47 bits per heavy atom. The lowest BCUT2D eigenvalue weighted by Crippen LogP contribution is -2.38. The van der Waals surface area contributed by atoms with Crippen molar-refractivity contribution in [1.29, 1.82) is 0 Å². The molecule has 1 amide bonds. The first-order chi connectivity index (χ1) is 7.15. The van der Waals surface area contributed by atoms with Crippen molar-refractivity contribution in [3.63, 3.8) is 0 Å². The van der Waals surface area contributed by atoms with E-state index in [-0.39, 0.29) is 18.2 Å². The van der Waals surface area contributed by atoms with Gasteiger partial charge in [-0.25, -0.2) is 4.79 Å². The maximum absolute atomic E-state index is 11.6. The molecule has 0 aromatic heterocycles. The molecule has 3 atom stereocenters. The molecule has 0 spiro atoms. The summed E-state index contributed by atoms with van der Waals surface area (Å²) in [6, 6.07) is -0.0679. The minimum absolute atomic E-state index is 0.0788. The second-order valence-electron chi connectivity index (χ2n) is 4.09. The molecule has 2 rings (SSSR count). The van der Waals surface area contributed by atoms with Crippen molar-refractivity contribution < 1.29 is 19.4 Å². The molecule has 0 aliphatic carbocycles. The quantitative estimate of drug-likeness (QED) is 0.745. The summed E-state index contributed by atoms with van der Waals surface area (Å²) in [4.78, 5) is 24.2. The van der Waals surface area contributed by atoms with Gasteiger partial charge >= 0.3 is 12.1 Å². The van der Waals surface area contributed by atoms with Crippen molar-refractivity contribution >= 4 is 12.1 Å². The van der Waals surface area contributed by atoms with Crippen LogP contribution in [-0.4, -0.2) is 40.8 Å². The van der Waals surface area contributed by atoms with Crippen LogP contribution < -0.4 is 0 Å². The number of fused-ring (bicyclic) bond motifs is 2. The third-order valence-electron chi connectivity index (χ3n) is 3.33. The summed E-state index contributed by atoms with van der Waals surface area (Å²) in [6.07, 6.45) is 1.93. The van der Waals surface area contributed by atoms with Gasteiger partial charge in [0.2, 0.25) is 0 Å². The number of carboxylic acid groups (broad SMARTS) is 1. The Hall–Kier alpha value is -1.26. The summed E-state index contributed by atoms with van der Waals surface area (Å²) in [6.45, 7) is 2.09. The molecular formula is C10H15NO4. The number of amides is 1. The molecule has 84 valence electrons. The van der Waals surface area contributed by atoms with Gasteiger partial charge in [-0.05, 0) is 26.2 Å². The van der Waals surface area contributed by atoms with Crippen LogP contribution in [0, 0.1) is 5.92 Å². The zero-order valence-corrected chi connectivity index (χ0v) is 8.68. The highest BCUT2D eigenvalue weighted by atomic mass is 16.6. The molecule has 0 radical (unpaired) electrons. The van der Waals surface area contributed by atoms with Gasteiger partial charge in [-0.15, -0.1) is 0 Å². The van der Waals surface area contributed by atoms with Crippen LogP contribution >= 0.6 is 0 Å². The number of nitrogens with zero attached hydrogens (tertiary/aromatic N) is 1. The maximum atomic E-state index is 11.6. The first kappa shape index (κ1) is 10.3. The molecular weight excluding hydrogens is 198 g/mol. The van der Waals surface area contributed by atoms with Gasteiger partial charge < -0.3 is 14.7 Å². The Morgan fingerprint density at radius 3 is 2.73 bits per heavy atom. The largest absolute Gasteiger partial charge is 0.481 e. The van der Waals surface area contributed by atoms with Crippen LogP contribution in [0.3, 0.4) is 0 Å². The number of carbonyl (C=O) groups excluding carboxylic acids is 1. The molecule has 0 aromatic rings. The molecule has 1 N–H and O–H groups in total. The molecule has 3 unspecified atom stereocenters. The summed E-state index contributed by atoms with van der Waals surface area (Å²) in [5, 5.41) is 8.99. The molecule has 2 bridgehead atoms. The van der Waals surface area contributed by atoms with Crippen LogP contribution in [0.15, 0.2) is 0 Å². The monoisotopic (exact) mass is 213 g/mol. The van der Waals surface area contributed by atoms with Gasteiger partial charge in [-0.2, -0.15) is 0 Å². The van der Waals surface area contributed by atoms with Gasteiger partial charge in [-0.3, -0.25) is 4.79 Å². The van der Waals surface area contributed by atoms with E-state index in [9.17, 15) is 9.59 Å². The fraction of sp³-hybridized carbons (Fsp3) is 0.800. The molecule has 5 nitrogen and oxygen atoms in total. The standard InChI is InChI=1S/C10H15NO4/c1-2-15-10(14)11-6-3-4-8(11)7(5-6)9(12)13/h6-8H,2-5H2,1H3,(H,12,13). The van der Waals surface area contributed by atoms with E-state index < -0.39 is 11.9 Å². The third kappa shape index (κ3) is 1.56. The van der Waals surface area contributed by atoms with Gasteiger partial charge in [0.25, 0.3) is 0 Å². The van der Waals surface area contributed by atoms with E-state index in [1.165, 1.54) is 0 Å². The van der Waals surface area contributed by atoms with Crippen molar-refractivity contribution in [2.24, 2.45) is 5.92 Å². The Labute approximate surface area is 88.0 Å². The fourth-order valence-electron chi connectivity index (χ4n) is 2.74. The molecule has 2 aliphatic rings. The zero-order valence-electron chi connectivity index (χ0n) is 8.68. The topological polar surface area (TPSA) is 66.8 Å². The molecule has 2 heterocycles. The highest BCUT2D eigenvalue weighted by Crippen LogP contribution is 2.42. The third-order valence-corrected chi connectivity index (χ3v) is 3.33. The van der Waals surface area contributed by atoms with Crippen LogP contribution in [0.2, 0.25) is 0 Å². The van der Waals surface area contributed by atoms with Crippen LogP contribution in [-0.2, 0) is 9.53 Å². The molecule has 2 fully saturated rings. The van der Waals surface area contributed by atoms with Gasteiger partial charge in [0, 0.05) is 12.1 Å². The molecule has 15 heavy (non-hydrogen) atoms. The SMILES string of the molecule is CCOC(=O)N1C2CCC1C(C(=O)O)C2. The minimum atomic E-state index is -0.795. The second kappa shape index (κ2) is 3.72. The lowest BCUT2D eigenvalue weighted by molar-refractivity contribution is -0.142. The van der Waals surface area contributed by atoms with E-state index in [4.69, 9.17) is 9.84 Å². The Morgan fingerprint density at radius 2 is 2.20 bits per heavy atom. The van der Waals surface area contributed by atoms with Crippen LogP contribution in [0.1, 0.15) is 26.2 Å². The number of aliphatic carboxylic acids is 1. The summed E-state index contributed by atoms with van der Waals surface area (Å²) < 4.78 is 4.93. The van der Waals surface area contributed by atoms with Crippen molar-refractivity contribution in [1.82, 2.24) is 4.90 Å². The highest BCUT2D eigenvalue weighted by molar-refractivity contribution is 5.76. The van der Waals surface area contributed by atoms with E-state index in [1.807, 2.05) is 0 Å². The summed E-state index contributed by atoms with van der Waals surface area (Å²) >= 11 is 0. The lowest BCUT2D eigenvalue weighted by atomic mass is 9.89. The predicted octanol–water partition coefficient (Wildman–Crippen LogP) is 1.08. The van der Waals surface area contributed by atoms with Gasteiger partial charge in [0.1, 0.15) is 0 Å². The van der Waals surface area contributed by atoms with Crippen molar-refractivity contribution in [3.8, 4) is 0 Å². The van der Waals surface area contributed by atoms with Crippen molar-refractivity contribution in [3.05, 3.63) is 0 Å². The average Bonchev–Trinajstić information content (AvgIpc) is 2.74. The van der Waals surface area contributed by atoms with E-state index in [1.54, 1.807) is 11.8 Å². The number of hydrogen-bond donors (Lipinski definition) is 1. The summed E-state index contributed by atoms with van der Waals surface area (Å²) in [5.41, 5.74) is 0. The molecule has 0 saturated carbocycles. The van der Waals surface area contributed by atoms with Crippen molar-refractivity contribution in [2.45, 2.75) is 38.3 Å². The number of carboxylic acids is 1. The predicted molar refractivity (Wildman–Crippen MR) is 51.4 cm³/mol. The number of hydrogen-bond acceptors (Lipinski definition) is 3. The van der Waals surface area contributed by atoms with Crippen molar-refractivity contribution in [2.75, 3.05) is 6.61 Å². The van der Waals surface area contributed by atoms with E-state index in [0.29, 0.717) is 13.0 Å². The Kier molecular flexibility index (Phi) is 2.54. The molecule has 0 aromatic carbocycles. The first-order valence-electron chi connectivity index (χ1n) is 5.33. The normalized spacial score (nSPS) is 33.1. The van der Waals surface area contributed by atoms with Crippen LogP contribution in [0.5, 0.6) is 0 Å².